The van der Waals surface area contributed by atoms with Gasteiger partial charge in [-0.2, -0.15) is 5.10 Å². The third-order valence-electron chi connectivity index (χ3n) is 1.90. The molecule has 0 aliphatic rings. The van der Waals surface area contributed by atoms with Gasteiger partial charge >= 0.3 is 5.97 Å². The van der Waals surface area contributed by atoms with Crippen molar-refractivity contribution in [3.63, 3.8) is 0 Å². The Morgan fingerprint density at radius 3 is 2.67 bits per heavy atom. The van der Waals surface area contributed by atoms with Gasteiger partial charge in [-0.15, -0.1) is 0 Å². The van der Waals surface area contributed by atoms with Gasteiger partial charge in [0, 0.05) is 0 Å². The van der Waals surface area contributed by atoms with Crippen molar-refractivity contribution in [1.29, 1.82) is 0 Å². The van der Waals surface area contributed by atoms with Crippen LogP contribution in [0.25, 0.3) is 0 Å². The predicted octanol–water partition coefficient (Wildman–Crippen LogP) is 2.26. The van der Waals surface area contributed by atoms with Gasteiger partial charge in [-0.05, 0) is 6.92 Å². The first-order valence-electron chi connectivity index (χ1n) is 4.16. The van der Waals surface area contributed by atoms with Gasteiger partial charge in [0.05, 0.1) is 23.7 Å². The molecule has 0 saturated carbocycles. The summed E-state index contributed by atoms with van der Waals surface area (Å²) in [4.78, 5) is 10.3. The van der Waals surface area contributed by atoms with Crippen molar-refractivity contribution in [2.75, 3.05) is 0 Å². The van der Waals surface area contributed by atoms with Crippen molar-refractivity contribution in [2.45, 2.75) is 26.3 Å². The van der Waals surface area contributed by atoms with Gasteiger partial charge in [-0.3, -0.25) is 9.48 Å². The zero-order valence-corrected chi connectivity index (χ0v) is 8.63. The van der Waals surface area contributed by atoms with Crippen molar-refractivity contribution in [3.8, 4) is 0 Å². The van der Waals surface area contributed by atoms with E-state index in [-0.39, 0.29) is 18.0 Å². The van der Waals surface area contributed by atoms with Crippen LogP contribution in [0.1, 0.15) is 24.2 Å². The second-order valence-corrected chi connectivity index (χ2v) is 3.33. The molecule has 15 heavy (non-hydrogen) atoms. The molecule has 0 aromatic carbocycles. The lowest BCUT2D eigenvalue weighted by atomic mass is 10.3. The lowest BCUT2D eigenvalue weighted by molar-refractivity contribution is -0.137. The Kier molecular flexibility index (Phi) is 3.62. The minimum absolute atomic E-state index is 0.0353. The van der Waals surface area contributed by atoms with Crippen molar-refractivity contribution >= 4 is 17.6 Å². The quantitative estimate of drug-likeness (QED) is 0.875. The van der Waals surface area contributed by atoms with Crippen molar-refractivity contribution in [2.24, 2.45) is 0 Å². The largest absolute Gasteiger partial charge is 0.481 e. The van der Waals surface area contributed by atoms with Crippen molar-refractivity contribution < 1.29 is 18.7 Å². The third-order valence-corrected chi connectivity index (χ3v) is 2.37. The van der Waals surface area contributed by atoms with E-state index in [0.29, 0.717) is 5.69 Å². The number of hydrogen-bond acceptors (Lipinski definition) is 2. The molecule has 0 saturated heterocycles. The van der Waals surface area contributed by atoms with E-state index in [1.165, 1.54) is 11.6 Å². The number of carboxylic acids is 1. The van der Waals surface area contributed by atoms with Crippen LogP contribution in [0.4, 0.5) is 8.78 Å². The molecule has 0 fully saturated rings. The van der Waals surface area contributed by atoms with Crippen LogP contribution in [0.2, 0.25) is 5.02 Å². The zero-order valence-electron chi connectivity index (χ0n) is 7.88. The number of rotatable bonds is 4. The third kappa shape index (κ3) is 2.65. The van der Waals surface area contributed by atoms with Gasteiger partial charge in [0.2, 0.25) is 0 Å². The van der Waals surface area contributed by atoms with E-state index in [2.05, 4.69) is 5.10 Å². The van der Waals surface area contributed by atoms with E-state index in [1.807, 2.05) is 0 Å². The van der Waals surface area contributed by atoms with E-state index in [4.69, 9.17) is 16.7 Å². The first kappa shape index (κ1) is 11.9. The number of aryl methyl sites for hydroxylation is 1. The summed E-state index contributed by atoms with van der Waals surface area (Å²) in [6.07, 6.45) is -2.93. The minimum Gasteiger partial charge on any atom is -0.481 e. The second-order valence-electron chi connectivity index (χ2n) is 2.95. The molecule has 1 N–H and O–H groups in total. The molecule has 1 aromatic heterocycles. The zero-order chi connectivity index (χ0) is 11.6. The standard InChI is InChI=1S/C8H9ClF2N2O2/c1-4-6(9)7(8(10)11)12-13(4)3-2-5(14)15/h8H,2-3H2,1H3,(H,14,15). The Morgan fingerprint density at radius 2 is 2.27 bits per heavy atom. The lowest BCUT2D eigenvalue weighted by Crippen LogP contribution is -2.07. The topological polar surface area (TPSA) is 55.1 Å². The Morgan fingerprint density at radius 1 is 1.67 bits per heavy atom. The van der Waals surface area contributed by atoms with Crippen LogP contribution in [-0.2, 0) is 11.3 Å². The summed E-state index contributed by atoms with van der Waals surface area (Å²) < 4.78 is 25.9. The highest BCUT2D eigenvalue weighted by molar-refractivity contribution is 6.31. The maximum Gasteiger partial charge on any atom is 0.305 e. The average molecular weight is 239 g/mol. The van der Waals surface area contributed by atoms with Crippen LogP contribution in [-0.4, -0.2) is 20.9 Å². The highest BCUT2D eigenvalue weighted by Crippen LogP contribution is 2.28. The molecule has 0 radical (unpaired) electrons. The number of aromatic nitrogens is 2. The Labute approximate surface area is 89.5 Å². The van der Waals surface area contributed by atoms with Crippen molar-refractivity contribution in [3.05, 3.63) is 16.4 Å². The van der Waals surface area contributed by atoms with E-state index in [1.54, 1.807) is 0 Å². The van der Waals surface area contributed by atoms with Crippen LogP contribution >= 0.6 is 11.6 Å². The van der Waals surface area contributed by atoms with Gasteiger partial charge < -0.3 is 5.11 Å². The SMILES string of the molecule is Cc1c(Cl)c(C(F)F)nn1CCC(=O)O. The first-order chi connectivity index (χ1) is 6.93. The van der Waals surface area contributed by atoms with Crippen molar-refractivity contribution in [1.82, 2.24) is 9.78 Å². The average Bonchev–Trinajstić information content (AvgIpc) is 2.41. The molecule has 0 bridgehead atoms. The summed E-state index contributed by atoms with van der Waals surface area (Å²) in [6.45, 7) is 1.55. The van der Waals surface area contributed by atoms with E-state index in [9.17, 15) is 13.6 Å². The minimum atomic E-state index is -2.75. The predicted molar refractivity (Wildman–Crippen MR) is 49.2 cm³/mol. The number of nitrogens with zero attached hydrogens (tertiary/aromatic N) is 2. The number of aliphatic carboxylic acids is 1. The number of alkyl halides is 2. The van der Waals surface area contributed by atoms with E-state index in [0.717, 1.165) is 0 Å². The fraction of sp³-hybridized carbons (Fsp3) is 0.500. The fourth-order valence-electron chi connectivity index (χ4n) is 1.11. The van der Waals surface area contributed by atoms with Crippen LogP contribution < -0.4 is 0 Å². The summed E-state index contributed by atoms with van der Waals surface area (Å²) >= 11 is 5.61. The highest BCUT2D eigenvalue weighted by atomic mass is 35.5. The summed E-state index contributed by atoms with van der Waals surface area (Å²) in [7, 11) is 0. The maximum absolute atomic E-state index is 12.3. The van der Waals surface area contributed by atoms with Crippen LogP contribution in [0.3, 0.4) is 0 Å². The lowest BCUT2D eigenvalue weighted by Gasteiger charge is -2.00. The number of carbonyl (C=O) groups is 1. The van der Waals surface area contributed by atoms with Gasteiger partial charge in [0.15, 0.2) is 0 Å². The highest BCUT2D eigenvalue weighted by Gasteiger charge is 2.20. The van der Waals surface area contributed by atoms with Gasteiger partial charge in [-0.25, -0.2) is 8.78 Å². The molecule has 0 unspecified atom stereocenters. The van der Waals surface area contributed by atoms with Gasteiger partial charge in [-0.1, -0.05) is 11.6 Å². The van der Waals surface area contributed by atoms with Crippen LogP contribution in [0.5, 0.6) is 0 Å². The molecule has 1 rings (SSSR count). The monoisotopic (exact) mass is 238 g/mol. The second kappa shape index (κ2) is 4.57. The number of halogens is 3. The molecule has 4 nitrogen and oxygen atoms in total. The summed E-state index contributed by atoms with van der Waals surface area (Å²) in [5.41, 5.74) is -0.146. The molecule has 0 aliphatic heterocycles. The summed E-state index contributed by atoms with van der Waals surface area (Å²) in [6, 6.07) is 0. The van der Waals surface area contributed by atoms with Gasteiger partial charge in [0.1, 0.15) is 5.69 Å². The van der Waals surface area contributed by atoms with Gasteiger partial charge in [0.25, 0.3) is 6.43 Å². The molecule has 7 heteroatoms. The molecule has 0 amide bonds. The van der Waals surface area contributed by atoms with E-state index < -0.39 is 18.1 Å². The Hall–Kier alpha value is -1.17. The molecular weight excluding hydrogens is 230 g/mol. The normalized spacial score (nSPS) is 11.0. The molecule has 0 spiro atoms. The Balaban J connectivity index is 2.90. The molecule has 1 heterocycles. The molecule has 84 valence electrons. The molecule has 1 aromatic rings. The molecular formula is C8H9ClF2N2O2. The molecule has 0 aliphatic carbocycles. The first-order valence-corrected chi connectivity index (χ1v) is 4.54. The van der Waals surface area contributed by atoms with E-state index >= 15 is 0 Å². The molecule has 0 atom stereocenters. The summed E-state index contributed by atoms with van der Waals surface area (Å²) in [5, 5.41) is 11.9. The maximum atomic E-state index is 12.3. The smallest absolute Gasteiger partial charge is 0.305 e. The Bertz CT molecular complexity index is 379. The van der Waals surface area contributed by atoms with Crippen LogP contribution in [0, 0.1) is 6.92 Å². The fourth-order valence-corrected chi connectivity index (χ4v) is 1.32. The number of hydrogen-bond donors (Lipinski definition) is 1. The number of carboxylic acid groups (broad SMARTS) is 1. The summed E-state index contributed by atoms with van der Waals surface area (Å²) in [5.74, 6) is -1.01. The van der Waals surface area contributed by atoms with Crippen LogP contribution in [0.15, 0.2) is 0 Å².